The fourth-order valence-corrected chi connectivity index (χ4v) is 2.66. The van der Waals surface area contributed by atoms with Crippen LogP contribution in [0.1, 0.15) is 30.6 Å². The summed E-state index contributed by atoms with van der Waals surface area (Å²) in [5.41, 5.74) is 0.143. The van der Waals surface area contributed by atoms with Gasteiger partial charge in [0.1, 0.15) is 0 Å². The van der Waals surface area contributed by atoms with Crippen LogP contribution < -0.4 is 5.32 Å². The van der Waals surface area contributed by atoms with E-state index < -0.39 is 22.1 Å². The van der Waals surface area contributed by atoms with Gasteiger partial charge in [-0.1, -0.05) is 11.4 Å². The molecular weight excluding hydrogens is 336 g/mol. The number of ether oxygens (including phenoxy) is 1. The Kier molecular flexibility index (Phi) is 7.33. The van der Waals surface area contributed by atoms with Crippen LogP contribution in [0.4, 0.5) is 0 Å². The van der Waals surface area contributed by atoms with Crippen molar-refractivity contribution in [2.45, 2.75) is 31.3 Å². The molecular formula is C15H22N2O6S. The van der Waals surface area contributed by atoms with Crippen molar-refractivity contribution in [1.82, 2.24) is 9.79 Å². The van der Waals surface area contributed by atoms with E-state index in [0.717, 1.165) is 6.42 Å². The predicted octanol–water partition coefficient (Wildman–Crippen LogP) is 0.940. The molecule has 0 fully saturated rings. The van der Waals surface area contributed by atoms with E-state index in [2.05, 4.69) is 10.2 Å². The van der Waals surface area contributed by atoms with Gasteiger partial charge in [-0.05, 0) is 37.6 Å². The molecule has 1 aromatic rings. The molecule has 1 atom stereocenters. The van der Waals surface area contributed by atoms with Crippen molar-refractivity contribution in [3.63, 3.8) is 0 Å². The third-order valence-corrected chi connectivity index (χ3v) is 4.88. The number of esters is 1. The van der Waals surface area contributed by atoms with Crippen LogP contribution in [-0.4, -0.2) is 51.6 Å². The topological polar surface area (TPSA) is 102 Å². The number of hydrogen-bond acceptors (Lipinski definition) is 6. The zero-order valence-corrected chi connectivity index (χ0v) is 14.9. The minimum atomic E-state index is -3.78. The molecule has 0 saturated heterocycles. The molecule has 0 bridgehead atoms. The molecule has 1 amide bonds. The van der Waals surface area contributed by atoms with Gasteiger partial charge in [-0.25, -0.2) is 13.2 Å². The van der Waals surface area contributed by atoms with Crippen molar-refractivity contribution in [3.8, 4) is 0 Å². The molecule has 0 aliphatic rings. The highest BCUT2D eigenvalue weighted by atomic mass is 32.2. The molecule has 24 heavy (non-hydrogen) atoms. The lowest BCUT2D eigenvalue weighted by molar-refractivity contribution is -0.129. The summed E-state index contributed by atoms with van der Waals surface area (Å²) >= 11 is 0. The molecule has 0 heterocycles. The maximum absolute atomic E-state index is 12.0. The van der Waals surface area contributed by atoms with Gasteiger partial charge >= 0.3 is 5.97 Å². The molecule has 8 nitrogen and oxygen atoms in total. The average molecular weight is 358 g/mol. The average Bonchev–Trinajstić information content (AvgIpc) is 2.58. The number of benzene rings is 1. The first-order chi connectivity index (χ1) is 11.2. The molecule has 0 aliphatic carbocycles. The summed E-state index contributed by atoms with van der Waals surface area (Å²) in [6.45, 7) is 3.88. The maximum atomic E-state index is 12.0. The number of nitrogens with one attached hydrogen (secondary N) is 1. The third-order valence-electron chi connectivity index (χ3n) is 3.19. The van der Waals surface area contributed by atoms with Crippen molar-refractivity contribution in [2.75, 3.05) is 20.7 Å². The van der Waals surface area contributed by atoms with E-state index in [1.165, 1.54) is 45.3 Å². The summed E-state index contributed by atoms with van der Waals surface area (Å²) in [5, 5.41) is 2.62. The third kappa shape index (κ3) is 5.02. The van der Waals surface area contributed by atoms with Gasteiger partial charge in [-0.3, -0.25) is 9.63 Å². The van der Waals surface area contributed by atoms with Gasteiger partial charge in [-0.2, -0.15) is 0 Å². The predicted molar refractivity (Wildman–Crippen MR) is 86.6 cm³/mol. The first-order valence-electron chi connectivity index (χ1n) is 7.35. The fraction of sp³-hybridized carbons (Fsp3) is 0.467. The van der Waals surface area contributed by atoms with E-state index in [1.54, 1.807) is 0 Å². The number of carbonyl (C=O) groups excluding carboxylic acids is 2. The highest BCUT2D eigenvalue weighted by molar-refractivity contribution is 7.89. The van der Waals surface area contributed by atoms with E-state index in [0.29, 0.717) is 11.0 Å². The molecule has 1 rings (SSSR count). The van der Waals surface area contributed by atoms with E-state index in [4.69, 9.17) is 4.74 Å². The highest BCUT2D eigenvalue weighted by Crippen LogP contribution is 2.16. The second kappa shape index (κ2) is 8.76. The van der Waals surface area contributed by atoms with Gasteiger partial charge in [0.15, 0.2) is 6.10 Å². The normalized spacial score (nSPS) is 12.7. The van der Waals surface area contributed by atoms with E-state index in [9.17, 15) is 18.0 Å². The summed E-state index contributed by atoms with van der Waals surface area (Å²) in [6, 6.07) is 5.16. The first-order valence-corrected chi connectivity index (χ1v) is 8.79. The van der Waals surface area contributed by atoms with Gasteiger partial charge in [0.2, 0.25) is 0 Å². The van der Waals surface area contributed by atoms with Crippen molar-refractivity contribution in [3.05, 3.63) is 29.8 Å². The summed E-state index contributed by atoms with van der Waals surface area (Å²) in [5.74, 6) is -1.09. The minimum absolute atomic E-state index is 0.0304. The smallest absolute Gasteiger partial charge is 0.338 e. The van der Waals surface area contributed by atoms with Crippen LogP contribution in [-0.2, 0) is 24.4 Å². The molecule has 0 aromatic heterocycles. The zero-order valence-electron chi connectivity index (χ0n) is 14.1. The Bertz CT molecular complexity index is 672. The number of sulfonamides is 1. The van der Waals surface area contributed by atoms with E-state index >= 15 is 0 Å². The number of hydrogen-bond donors (Lipinski definition) is 1. The van der Waals surface area contributed by atoms with E-state index in [-0.39, 0.29) is 16.4 Å². The lowest BCUT2D eigenvalue weighted by atomic mass is 10.2. The number of hydroxylamine groups is 1. The molecule has 0 unspecified atom stereocenters. The number of amides is 1. The second-order valence-corrected chi connectivity index (χ2v) is 6.90. The monoisotopic (exact) mass is 358 g/mol. The molecule has 0 spiro atoms. The number of carbonyl (C=O) groups is 2. The van der Waals surface area contributed by atoms with Gasteiger partial charge in [0.05, 0.1) is 17.6 Å². The summed E-state index contributed by atoms with van der Waals surface area (Å²) in [7, 11) is -1.29. The lowest BCUT2D eigenvalue weighted by Gasteiger charge is -2.15. The van der Waals surface area contributed by atoms with Crippen LogP contribution in [0.15, 0.2) is 29.2 Å². The second-order valence-electron chi connectivity index (χ2n) is 4.96. The van der Waals surface area contributed by atoms with Crippen molar-refractivity contribution < 1.29 is 27.6 Å². The van der Waals surface area contributed by atoms with Crippen LogP contribution in [0.3, 0.4) is 0 Å². The number of nitrogens with zero attached hydrogens (tertiary/aromatic N) is 1. The van der Waals surface area contributed by atoms with Gasteiger partial charge < -0.3 is 10.1 Å². The zero-order chi connectivity index (χ0) is 18.3. The largest absolute Gasteiger partial charge is 0.449 e. The van der Waals surface area contributed by atoms with Crippen molar-refractivity contribution in [2.24, 2.45) is 0 Å². The molecule has 1 N–H and O–H groups in total. The lowest BCUT2D eigenvalue weighted by Crippen LogP contribution is -2.36. The summed E-state index contributed by atoms with van der Waals surface area (Å²) in [6.07, 6.45) is -0.162. The Morgan fingerprint density at radius 2 is 1.83 bits per heavy atom. The maximum Gasteiger partial charge on any atom is 0.338 e. The van der Waals surface area contributed by atoms with Crippen LogP contribution in [0.5, 0.6) is 0 Å². The molecule has 1 aromatic carbocycles. The number of rotatable bonds is 8. The van der Waals surface area contributed by atoms with E-state index in [1.807, 2.05) is 6.92 Å². The van der Waals surface area contributed by atoms with Gasteiger partial charge in [0.25, 0.3) is 15.9 Å². The van der Waals surface area contributed by atoms with Crippen LogP contribution in [0, 0.1) is 0 Å². The first kappa shape index (κ1) is 20.1. The standard InChI is InChI=1S/C15H22N2O6S/c1-5-10-16-14(18)11(2)23-15(19)12-6-8-13(9-7-12)24(20,21)17(3)22-4/h6-9,11H,5,10H2,1-4H3,(H,16,18)/t11-/m0/s1. The Balaban J connectivity index is 2.79. The van der Waals surface area contributed by atoms with Crippen molar-refractivity contribution in [1.29, 1.82) is 0 Å². The Hall–Kier alpha value is -1.97. The quantitative estimate of drug-likeness (QED) is 0.548. The SMILES string of the molecule is CCCNC(=O)[C@H](C)OC(=O)c1ccc(S(=O)(=O)N(C)OC)cc1. The molecule has 0 aliphatic heterocycles. The summed E-state index contributed by atoms with van der Waals surface area (Å²) < 4.78 is 29.8. The Labute approximate surface area is 141 Å². The molecule has 134 valence electrons. The van der Waals surface area contributed by atoms with Gasteiger partial charge in [-0.15, -0.1) is 0 Å². The minimum Gasteiger partial charge on any atom is -0.449 e. The van der Waals surface area contributed by atoms with Crippen molar-refractivity contribution >= 4 is 21.9 Å². The Morgan fingerprint density at radius 3 is 2.33 bits per heavy atom. The summed E-state index contributed by atoms with van der Waals surface area (Å²) in [4.78, 5) is 28.3. The Morgan fingerprint density at radius 1 is 1.25 bits per heavy atom. The fourth-order valence-electron chi connectivity index (χ4n) is 1.68. The van der Waals surface area contributed by atoms with Crippen LogP contribution in [0.2, 0.25) is 0 Å². The van der Waals surface area contributed by atoms with Gasteiger partial charge in [0, 0.05) is 13.6 Å². The molecule has 9 heteroatoms. The van der Waals surface area contributed by atoms with Crippen LogP contribution >= 0.6 is 0 Å². The van der Waals surface area contributed by atoms with Crippen LogP contribution in [0.25, 0.3) is 0 Å². The molecule has 0 saturated carbocycles. The highest BCUT2D eigenvalue weighted by Gasteiger charge is 2.22. The molecule has 0 radical (unpaired) electrons.